The van der Waals surface area contributed by atoms with Crippen LogP contribution < -0.4 is 10.1 Å². The van der Waals surface area contributed by atoms with E-state index in [1.54, 1.807) is 14.0 Å². The number of hydrogen-bond acceptors (Lipinski definition) is 4. The van der Waals surface area contributed by atoms with Crippen molar-refractivity contribution in [3.8, 4) is 5.75 Å². The van der Waals surface area contributed by atoms with E-state index >= 15 is 0 Å². The van der Waals surface area contributed by atoms with Crippen molar-refractivity contribution in [2.45, 2.75) is 13.0 Å². The lowest BCUT2D eigenvalue weighted by Crippen LogP contribution is -2.26. The van der Waals surface area contributed by atoms with E-state index in [1.807, 2.05) is 0 Å². The normalized spacial score (nSPS) is 12.2. The second-order valence-electron chi connectivity index (χ2n) is 3.48. The first-order valence-electron chi connectivity index (χ1n) is 4.90. The maximum Gasteiger partial charge on any atom is 0.312 e. The van der Waals surface area contributed by atoms with Crippen molar-refractivity contribution in [1.82, 2.24) is 5.32 Å². The van der Waals surface area contributed by atoms with E-state index in [9.17, 15) is 14.5 Å². The summed E-state index contributed by atoms with van der Waals surface area (Å²) in [5.41, 5.74) is -0.348. The average Bonchev–Trinajstić information content (AvgIpc) is 2.23. The SMILES string of the molecule is CNCC(C)Oc1cc(F)c(Cl)cc1[N+](=O)[O-]. The van der Waals surface area contributed by atoms with E-state index in [2.05, 4.69) is 5.32 Å². The molecular formula is C10H12ClFN2O3. The molecule has 0 saturated carbocycles. The third-order valence-electron chi connectivity index (χ3n) is 2.02. The highest BCUT2D eigenvalue weighted by Gasteiger charge is 2.20. The number of rotatable bonds is 5. The van der Waals surface area contributed by atoms with Gasteiger partial charge in [0, 0.05) is 18.7 Å². The topological polar surface area (TPSA) is 64.4 Å². The van der Waals surface area contributed by atoms with Crippen LogP contribution in [0.3, 0.4) is 0 Å². The number of benzene rings is 1. The molecule has 1 N–H and O–H groups in total. The number of nitro groups is 1. The Labute approximate surface area is 103 Å². The summed E-state index contributed by atoms with van der Waals surface area (Å²) in [6.45, 7) is 2.20. The summed E-state index contributed by atoms with van der Waals surface area (Å²) in [6, 6.07) is 1.87. The van der Waals surface area contributed by atoms with Crippen LogP contribution in [0, 0.1) is 15.9 Å². The fourth-order valence-corrected chi connectivity index (χ4v) is 1.46. The summed E-state index contributed by atoms with van der Waals surface area (Å²) < 4.78 is 18.5. The van der Waals surface area contributed by atoms with E-state index in [1.165, 1.54) is 0 Å². The largest absolute Gasteiger partial charge is 0.482 e. The highest BCUT2D eigenvalue weighted by Crippen LogP contribution is 2.32. The fourth-order valence-electron chi connectivity index (χ4n) is 1.30. The summed E-state index contributed by atoms with van der Waals surface area (Å²) in [5, 5.41) is 13.3. The number of nitrogens with one attached hydrogen (secondary N) is 1. The molecule has 17 heavy (non-hydrogen) atoms. The zero-order valence-electron chi connectivity index (χ0n) is 9.37. The van der Waals surface area contributed by atoms with E-state index in [0.29, 0.717) is 6.54 Å². The number of nitrogens with zero attached hydrogens (tertiary/aromatic N) is 1. The van der Waals surface area contributed by atoms with Crippen molar-refractivity contribution in [2.24, 2.45) is 0 Å². The molecule has 1 rings (SSSR count). The van der Waals surface area contributed by atoms with Crippen LogP contribution in [-0.4, -0.2) is 24.6 Å². The van der Waals surface area contributed by atoms with Crippen LogP contribution in [0.25, 0.3) is 0 Å². The molecule has 1 atom stereocenters. The highest BCUT2D eigenvalue weighted by molar-refractivity contribution is 6.31. The molecule has 0 saturated heterocycles. The molecule has 0 aliphatic carbocycles. The van der Waals surface area contributed by atoms with Crippen molar-refractivity contribution in [1.29, 1.82) is 0 Å². The van der Waals surface area contributed by atoms with E-state index in [-0.39, 0.29) is 22.6 Å². The molecule has 0 spiro atoms. The zero-order chi connectivity index (χ0) is 13.0. The van der Waals surface area contributed by atoms with Gasteiger partial charge in [-0.2, -0.15) is 0 Å². The van der Waals surface area contributed by atoms with E-state index in [0.717, 1.165) is 12.1 Å². The van der Waals surface area contributed by atoms with Crippen LogP contribution in [0.5, 0.6) is 5.75 Å². The zero-order valence-corrected chi connectivity index (χ0v) is 10.1. The van der Waals surface area contributed by atoms with Gasteiger partial charge in [0.25, 0.3) is 0 Å². The van der Waals surface area contributed by atoms with Gasteiger partial charge in [0.15, 0.2) is 5.75 Å². The summed E-state index contributed by atoms with van der Waals surface area (Å²) in [5.74, 6) is -0.872. The molecule has 0 radical (unpaired) electrons. The van der Waals surface area contributed by atoms with Gasteiger partial charge >= 0.3 is 5.69 Å². The van der Waals surface area contributed by atoms with Crippen LogP contribution in [0.15, 0.2) is 12.1 Å². The summed E-state index contributed by atoms with van der Waals surface area (Å²) in [6.07, 6.45) is -0.320. The quantitative estimate of drug-likeness (QED) is 0.654. The molecule has 0 amide bonds. The molecule has 0 fully saturated rings. The first kappa shape index (κ1) is 13.7. The minimum absolute atomic E-state index is 0.125. The lowest BCUT2D eigenvalue weighted by molar-refractivity contribution is -0.386. The monoisotopic (exact) mass is 262 g/mol. The minimum atomic E-state index is -0.746. The first-order chi connectivity index (χ1) is 7.95. The van der Waals surface area contributed by atoms with Gasteiger partial charge in [0.1, 0.15) is 11.9 Å². The molecule has 0 heterocycles. The lowest BCUT2D eigenvalue weighted by atomic mass is 10.2. The lowest BCUT2D eigenvalue weighted by Gasteiger charge is -2.14. The fraction of sp³-hybridized carbons (Fsp3) is 0.400. The van der Waals surface area contributed by atoms with Crippen LogP contribution in [-0.2, 0) is 0 Å². The van der Waals surface area contributed by atoms with Crippen molar-refractivity contribution >= 4 is 17.3 Å². The van der Waals surface area contributed by atoms with E-state index in [4.69, 9.17) is 16.3 Å². The van der Waals surface area contributed by atoms with Crippen molar-refractivity contribution < 1.29 is 14.1 Å². The number of ether oxygens (including phenoxy) is 1. The van der Waals surface area contributed by atoms with Gasteiger partial charge in [-0.05, 0) is 14.0 Å². The first-order valence-corrected chi connectivity index (χ1v) is 5.28. The summed E-state index contributed by atoms with van der Waals surface area (Å²) >= 11 is 5.48. The Kier molecular flexibility index (Phi) is 4.65. The molecule has 1 aromatic carbocycles. The number of hydrogen-bond donors (Lipinski definition) is 1. The standard InChI is InChI=1S/C10H12ClFN2O3/c1-6(5-13-2)17-10-4-8(12)7(11)3-9(10)14(15)16/h3-4,6,13H,5H2,1-2H3. The molecule has 1 aromatic rings. The Bertz CT molecular complexity index is 428. The predicted octanol–water partition coefficient (Wildman–Crippen LogP) is 2.37. The van der Waals surface area contributed by atoms with Gasteiger partial charge in [-0.25, -0.2) is 4.39 Å². The van der Waals surface area contributed by atoms with Gasteiger partial charge in [-0.3, -0.25) is 10.1 Å². The molecule has 94 valence electrons. The van der Waals surface area contributed by atoms with Crippen molar-refractivity contribution in [2.75, 3.05) is 13.6 Å². The van der Waals surface area contributed by atoms with Crippen LogP contribution in [0.2, 0.25) is 5.02 Å². The molecule has 0 aliphatic rings. The molecule has 0 aliphatic heterocycles. The Morgan fingerprint density at radius 3 is 2.82 bits per heavy atom. The molecule has 0 bridgehead atoms. The van der Waals surface area contributed by atoms with Gasteiger partial charge in [-0.1, -0.05) is 11.6 Å². The Hall–Kier alpha value is -1.40. The van der Waals surface area contributed by atoms with Gasteiger partial charge in [-0.15, -0.1) is 0 Å². The number of halogens is 2. The molecule has 5 nitrogen and oxygen atoms in total. The number of nitro benzene ring substituents is 1. The van der Waals surface area contributed by atoms with Gasteiger partial charge < -0.3 is 10.1 Å². The third kappa shape index (κ3) is 3.54. The summed E-state index contributed by atoms with van der Waals surface area (Å²) in [7, 11) is 1.72. The Morgan fingerprint density at radius 2 is 2.29 bits per heavy atom. The van der Waals surface area contributed by atoms with Crippen LogP contribution in [0.1, 0.15) is 6.92 Å². The predicted molar refractivity (Wildman–Crippen MR) is 62.1 cm³/mol. The molecule has 0 aromatic heterocycles. The highest BCUT2D eigenvalue weighted by atomic mass is 35.5. The second-order valence-corrected chi connectivity index (χ2v) is 3.88. The second kappa shape index (κ2) is 5.79. The average molecular weight is 263 g/mol. The molecule has 7 heteroatoms. The number of likely N-dealkylation sites (N-methyl/N-ethyl adjacent to an activating group) is 1. The maximum absolute atomic E-state index is 13.2. The van der Waals surface area contributed by atoms with Gasteiger partial charge in [0.2, 0.25) is 0 Å². The Balaban J connectivity index is 3.04. The van der Waals surface area contributed by atoms with Crippen molar-refractivity contribution in [3.63, 3.8) is 0 Å². The minimum Gasteiger partial charge on any atom is -0.482 e. The Morgan fingerprint density at radius 1 is 1.65 bits per heavy atom. The van der Waals surface area contributed by atoms with Gasteiger partial charge in [0.05, 0.1) is 9.95 Å². The van der Waals surface area contributed by atoms with Crippen molar-refractivity contribution in [3.05, 3.63) is 33.1 Å². The van der Waals surface area contributed by atoms with Crippen LogP contribution in [0.4, 0.5) is 10.1 Å². The van der Waals surface area contributed by atoms with Crippen LogP contribution >= 0.6 is 11.6 Å². The third-order valence-corrected chi connectivity index (χ3v) is 2.31. The smallest absolute Gasteiger partial charge is 0.312 e. The molecule has 1 unspecified atom stereocenters. The summed E-state index contributed by atoms with van der Waals surface area (Å²) in [4.78, 5) is 10.1. The molecular weight excluding hydrogens is 251 g/mol. The van der Waals surface area contributed by atoms with E-state index < -0.39 is 10.7 Å². The maximum atomic E-state index is 13.2.